The maximum atomic E-state index is 12.5. The summed E-state index contributed by atoms with van der Waals surface area (Å²) in [4.78, 5) is 12.5. The van der Waals surface area contributed by atoms with Gasteiger partial charge in [-0.1, -0.05) is 36.4 Å². The van der Waals surface area contributed by atoms with Gasteiger partial charge in [-0.2, -0.15) is 0 Å². The minimum absolute atomic E-state index is 0.0683. The van der Waals surface area contributed by atoms with Crippen LogP contribution in [0.4, 0.5) is 0 Å². The van der Waals surface area contributed by atoms with Crippen LogP contribution in [0.2, 0.25) is 0 Å². The van der Waals surface area contributed by atoms with Gasteiger partial charge in [-0.15, -0.1) is 0 Å². The molecule has 0 aliphatic heterocycles. The fourth-order valence-electron chi connectivity index (χ4n) is 2.09. The predicted molar refractivity (Wildman–Crippen MR) is 83.1 cm³/mol. The second kappa shape index (κ2) is 4.48. The summed E-state index contributed by atoms with van der Waals surface area (Å²) in [6.45, 7) is 0. The van der Waals surface area contributed by atoms with Gasteiger partial charge in [-0.25, -0.2) is 0 Å². The van der Waals surface area contributed by atoms with Crippen molar-refractivity contribution in [2.24, 2.45) is 0 Å². The van der Waals surface area contributed by atoms with E-state index in [0.717, 1.165) is 30.5 Å². The minimum atomic E-state index is 0.0683. The molecule has 0 radical (unpaired) electrons. The van der Waals surface area contributed by atoms with Gasteiger partial charge < -0.3 is 0 Å². The van der Waals surface area contributed by atoms with Gasteiger partial charge in [0.25, 0.3) is 0 Å². The molecule has 88 valence electrons. The van der Waals surface area contributed by atoms with Crippen LogP contribution in [0.25, 0.3) is 21.5 Å². The Hall–Kier alpha value is -1.19. The highest BCUT2D eigenvalue weighted by Crippen LogP contribution is 2.30. The molecule has 3 aromatic rings. The fourth-order valence-corrected chi connectivity index (χ4v) is 2.92. The first-order valence-electron chi connectivity index (χ1n) is 5.48. The molecule has 0 unspecified atom stereocenters. The molecule has 1 nitrogen and oxygen atoms in total. The Morgan fingerprint density at radius 2 is 1.44 bits per heavy atom. The molecule has 0 amide bonds. The van der Waals surface area contributed by atoms with E-state index in [1.165, 1.54) is 0 Å². The van der Waals surface area contributed by atoms with Crippen LogP contribution in [0.15, 0.2) is 62.3 Å². The molecule has 3 heteroatoms. The van der Waals surface area contributed by atoms with E-state index in [1.807, 2.05) is 48.5 Å². The molecule has 3 aromatic carbocycles. The normalized spacial score (nSPS) is 11.0. The van der Waals surface area contributed by atoms with Crippen molar-refractivity contribution in [2.75, 3.05) is 0 Å². The summed E-state index contributed by atoms with van der Waals surface area (Å²) in [6, 6.07) is 15.4. The van der Waals surface area contributed by atoms with E-state index in [0.29, 0.717) is 0 Å². The predicted octanol–water partition coefficient (Wildman–Crippen LogP) is 4.88. The molecular weight excluding hydrogens is 356 g/mol. The summed E-state index contributed by atoms with van der Waals surface area (Å²) in [5.74, 6) is 0. The van der Waals surface area contributed by atoms with Crippen molar-refractivity contribution < 1.29 is 0 Å². The smallest absolute Gasteiger partial charge is 0.194 e. The van der Waals surface area contributed by atoms with Crippen molar-refractivity contribution in [3.05, 3.63) is 67.7 Å². The van der Waals surface area contributed by atoms with Gasteiger partial charge in [-0.05, 0) is 49.4 Å². The van der Waals surface area contributed by atoms with E-state index in [4.69, 9.17) is 0 Å². The molecule has 0 heterocycles. The van der Waals surface area contributed by atoms with Crippen molar-refractivity contribution in [1.82, 2.24) is 0 Å². The molecule has 0 aromatic heterocycles. The van der Waals surface area contributed by atoms with E-state index < -0.39 is 0 Å². The van der Waals surface area contributed by atoms with Crippen LogP contribution < -0.4 is 5.43 Å². The summed E-state index contributed by atoms with van der Waals surface area (Å²) in [5, 5.41) is 3.36. The van der Waals surface area contributed by atoms with Gasteiger partial charge in [0.1, 0.15) is 0 Å². The Balaban J connectivity index is 2.66. The number of hydrogen-bond acceptors (Lipinski definition) is 1. The number of hydrogen-bond donors (Lipinski definition) is 0. The highest BCUT2D eigenvalue weighted by molar-refractivity contribution is 9.13. The minimum Gasteiger partial charge on any atom is -0.289 e. The Labute approximate surface area is 121 Å². The summed E-state index contributed by atoms with van der Waals surface area (Å²) in [6.07, 6.45) is 0. The quantitative estimate of drug-likeness (QED) is 0.556. The van der Waals surface area contributed by atoms with Crippen LogP contribution in [0.3, 0.4) is 0 Å². The zero-order chi connectivity index (χ0) is 12.7. The maximum Gasteiger partial charge on any atom is 0.194 e. The Morgan fingerprint density at radius 1 is 0.722 bits per heavy atom. The lowest BCUT2D eigenvalue weighted by Crippen LogP contribution is -1.98. The van der Waals surface area contributed by atoms with Crippen molar-refractivity contribution in [3.8, 4) is 0 Å². The lowest BCUT2D eigenvalue weighted by molar-refractivity contribution is 1.66. The van der Waals surface area contributed by atoms with Crippen LogP contribution in [-0.4, -0.2) is 0 Å². The van der Waals surface area contributed by atoms with E-state index in [-0.39, 0.29) is 5.43 Å². The van der Waals surface area contributed by atoms with E-state index >= 15 is 0 Å². The molecule has 0 aliphatic rings. The van der Waals surface area contributed by atoms with Gasteiger partial charge in [0.05, 0.1) is 0 Å². The molecule has 18 heavy (non-hydrogen) atoms. The standard InChI is InChI=1S/C15H8Br2O/c16-13-8-7-12-11(14(13)17)6-5-9-3-1-2-4-10(9)15(12)18/h1-8H. The third-order valence-corrected chi connectivity index (χ3v) is 5.06. The van der Waals surface area contributed by atoms with E-state index in [2.05, 4.69) is 31.9 Å². The van der Waals surface area contributed by atoms with Gasteiger partial charge in [-0.3, -0.25) is 4.79 Å². The molecule has 0 atom stereocenters. The lowest BCUT2D eigenvalue weighted by Gasteiger charge is -1.98. The first-order chi connectivity index (χ1) is 8.68. The van der Waals surface area contributed by atoms with Crippen LogP contribution >= 0.6 is 31.9 Å². The average Bonchev–Trinajstić information content (AvgIpc) is 2.53. The number of benzene rings is 2. The first kappa shape index (κ1) is 11.9. The second-order valence-corrected chi connectivity index (χ2v) is 5.72. The largest absolute Gasteiger partial charge is 0.289 e. The lowest BCUT2D eigenvalue weighted by atomic mass is 10.1. The summed E-state index contributed by atoms with van der Waals surface area (Å²) < 4.78 is 1.86. The van der Waals surface area contributed by atoms with Crippen molar-refractivity contribution in [3.63, 3.8) is 0 Å². The van der Waals surface area contributed by atoms with E-state index in [9.17, 15) is 4.79 Å². The average molecular weight is 364 g/mol. The molecule has 0 saturated carbocycles. The second-order valence-electron chi connectivity index (χ2n) is 4.07. The molecule has 0 spiro atoms. The highest BCUT2D eigenvalue weighted by Gasteiger charge is 2.06. The van der Waals surface area contributed by atoms with Crippen molar-refractivity contribution >= 4 is 53.4 Å². The van der Waals surface area contributed by atoms with Crippen LogP contribution in [0, 0.1) is 0 Å². The Morgan fingerprint density at radius 3 is 2.28 bits per heavy atom. The van der Waals surface area contributed by atoms with Crippen LogP contribution in [0.5, 0.6) is 0 Å². The fraction of sp³-hybridized carbons (Fsp3) is 0. The van der Waals surface area contributed by atoms with Crippen LogP contribution in [0.1, 0.15) is 0 Å². The maximum absolute atomic E-state index is 12.5. The van der Waals surface area contributed by atoms with Gasteiger partial charge >= 0.3 is 0 Å². The van der Waals surface area contributed by atoms with E-state index in [1.54, 1.807) is 0 Å². The topological polar surface area (TPSA) is 17.1 Å². The van der Waals surface area contributed by atoms with Crippen molar-refractivity contribution in [2.45, 2.75) is 0 Å². The monoisotopic (exact) mass is 362 g/mol. The van der Waals surface area contributed by atoms with Gasteiger partial charge in [0, 0.05) is 25.1 Å². The number of fused-ring (bicyclic) bond motifs is 2. The highest BCUT2D eigenvalue weighted by atomic mass is 79.9. The Bertz CT molecular complexity index is 825. The summed E-state index contributed by atoms with van der Waals surface area (Å²) in [7, 11) is 0. The third kappa shape index (κ3) is 1.78. The van der Waals surface area contributed by atoms with Crippen LogP contribution in [-0.2, 0) is 0 Å². The SMILES string of the molecule is O=c1c2ccccc2ccc2c(Br)c(Br)ccc12. The molecule has 0 N–H and O–H groups in total. The molecule has 0 fully saturated rings. The van der Waals surface area contributed by atoms with Crippen molar-refractivity contribution in [1.29, 1.82) is 0 Å². The van der Waals surface area contributed by atoms with Gasteiger partial charge in [0.15, 0.2) is 5.43 Å². The number of halogens is 2. The first-order valence-corrected chi connectivity index (χ1v) is 7.07. The molecule has 0 bridgehead atoms. The zero-order valence-electron chi connectivity index (χ0n) is 9.28. The Kier molecular flexibility index (Phi) is 2.96. The molecule has 0 saturated heterocycles. The number of rotatable bonds is 0. The molecular formula is C15H8Br2O. The molecule has 0 aliphatic carbocycles. The van der Waals surface area contributed by atoms with Gasteiger partial charge in [0.2, 0.25) is 0 Å². The summed E-state index contributed by atoms with van der Waals surface area (Å²) >= 11 is 6.99. The zero-order valence-corrected chi connectivity index (χ0v) is 12.5. The molecule has 3 rings (SSSR count). The third-order valence-electron chi connectivity index (χ3n) is 3.01. The summed E-state index contributed by atoms with van der Waals surface area (Å²) in [5.41, 5.74) is 0.0683.